The van der Waals surface area contributed by atoms with Gasteiger partial charge in [-0.05, 0) is 48.9 Å². The summed E-state index contributed by atoms with van der Waals surface area (Å²) in [5.74, 6) is 2.01. The molecule has 0 bridgehead atoms. The standard InChI is InChI=1S/C19H22ClNO3/c1-4-10-24-19-17(20)11-14(12-18(19)23-5-2)13-21-15-6-8-16(22-3)9-7-15/h4,6-9,11-12,21H,1,5,10,13H2,2-3H3. The van der Waals surface area contributed by atoms with Crippen molar-refractivity contribution in [2.75, 3.05) is 25.6 Å². The van der Waals surface area contributed by atoms with Crippen molar-refractivity contribution in [2.45, 2.75) is 13.5 Å². The molecular formula is C19H22ClNO3. The predicted molar refractivity (Wildman–Crippen MR) is 98.6 cm³/mol. The van der Waals surface area contributed by atoms with Crippen LogP contribution in [0.5, 0.6) is 17.2 Å². The third kappa shape index (κ3) is 4.83. The van der Waals surface area contributed by atoms with E-state index < -0.39 is 0 Å². The Morgan fingerprint density at radius 2 is 1.92 bits per heavy atom. The molecule has 0 atom stereocenters. The molecule has 0 aliphatic heterocycles. The molecule has 2 aromatic rings. The molecule has 0 radical (unpaired) electrons. The quantitative estimate of drug-likeness (QED) is 0.653. The van der Waals surface area contributed by atoms with E-state index in [4.69, 9.17) is 25.8 Å². The van der Waals surface area contributed by atoms with E-state index in [2.05, 4.69) is 11.9 Å². The van der Waals surface area contributed by atoms with Crippen LogP contribution in [-0.4, -0.2) is 20.3 Å². The van der Waals surface area contributed by atoms with Crippen LogP contribution in [0.3, 0.4) is 0 Å². The lowest BCUT2D eigenvalue weighted by atomic mass is 10.2. The summed E-state index contributed by atoms with van der Waals surface area (Å²) < 4.78 is 16.4. The molecule has 2 rings (SSSR count). The maximum absolute atomic E-state index is 6.34. The van der Waals surface area contributed by atoms with Crippen LogP contribution in [0.15, 0.2) is 49.1 Å². The van der Waals surface area contributed by atoms with Gasteiger partial charge < -0.3 is 19.5 Å². The fourth-order valence-electron chi connectivity index (χ4n) is 2.18. The van der Waals surface area contributed by atoms with Crippen molar-refractivity contribution in [1.29, 1.82) is 0 Å². The van der Waals surface area contributed by atoms with Crippen molar-refractivity contribution in [1.82, 2.24) is 0 Å². The highest BCUT2D eigenvalue weighted by Crippen LogP contribution is 2.37. The van der Waals surface area contributed by atoms with E-state index in [-0.39, 0.29) is 0 Å². The molecule has 0 amide bonds. The lowest BCUT2D eigenvalue weighted by molar-refractivity contribution is 0.297. The number of halogens is 1. The molecule has 0 saturated heterocycles. The van der Waals surface area contributed by atoms with Crippen molar-refractivity contribution >= 4 is 17.3 Å². The van der Waals surface area contributed by atoms with Crippen LogP contribution in [0.25, 0.3) is 0 Å². The SMILES string of the molecule is C=CCOc1c(Cl)cc(CNc2ccc(OC)cc2)cc1OCC. The molecule has 1 N–H and O–H groups in total. The minimum atomic E-state index is 0.378. The number of hydrogen-bond acceptors (Lipinski definition) is 4. The van der Waals surface area contributed by atoms with E-state index in [9.17, 15) is 0 Å². The summed E-state index contributed by atoms with van der Waals surface area (Å²) in [7, 11) is 1.65. The molecule has 0 unspecified atom stereocenters. The number of rotatable bonds is 9. The minimum absolute atomic E-state index is 0.378. The van der Waals surface area contributed by atoms with Gasteiger partial charge in [-0.2, -0.15) is 0 Å². The zero-order chi connectivity index (χ0) is 17.4. The molecule has 0 aliphatic carbocycles. The van der Waals surface area contributed by atoms with E-state index in [1.165, 1.54) is 0 Å². The normalized spacial score (nSPS) is 10.1. The number of hydrogen-bond donors (Lipinski definition) is 1. The zero-order valence-corrected chi connectivity index (χ0v) is 14.7. The molecule has 0 aliphatic rings. The van der Waals surface area contributed by atoms with Gasteiger partial charge in [0.2, 0.25) is 0 Å². The van der Waals surface area contributed by atoms with E-state index in [1.807, 2.05) is 43.3 Å². The van der Waals surface area contributed by atoms with E-state index >= 15 is 0 Å². The Hall–Kier alpha value is -2.33. The Balaban J connectivity index is 2.12. The van der Waals surface area contributed by atoms with Crippen molar-refractivity contribution in [2.24, 2.45) is 0 Å². The first kappa shape index (κ1) is 18.0. The second-order valence-corrected chi connectivity index (χ2v) is 5.43. The Bertz CT molecular complexity index is 671. The number of ether oxygens (including phenoxy) is 3. The van der Waals surface area contributed by atoms with Crippen LogP contribution in [0.2, 0.25) is 5.02 Å². The predicted octanol–water partition coefficient (Wildman–Crippen LogP) is 4.92. The maximum Gasteiger partial charge on any atom is 0.180 e. The average Bonchev–Trinajstić information content (AvgIpc) is 2.60. The second-order valence-electron chi connectivity index (χ2n) is 5.02. The van der Waals surface area contributed by atoms with Crippen molar-refractivity contribution in [3.63, 3.8) is 0 Å². The fourth-order valence-corrected chi connectivity index (χ4v) is 2.47. The fraction of sp³-hybridized carbons (Fsp3) is 0.263. The monoisotopic (exact) mass is 347 g/mol. The Labute approximate surface area is 148 Å². The van der Waals surface area contributed by atoms with Gasteiger partial charge in [-0.25, -0.2) is 0 Å². The van der Waals surface area contributed by atoms with Crippen LogP contribution in [0, 0.1) is 0 Å². The molecule has 4 nitrogen and oxygen atoms in total. The van der Waals surface area contributed by atoms with Crippen LogP contribution in [-0.2, 0) is 6.54 Å². The van der Waals surface area contributed by atoms with Gasteiger partial charge in [0.15, 0.2) is 11.5 Å². The van der Waals surface area contributed by atoms with Crippen LogP contribution >= 0.6 is 11.6 Å². The minimum Gasteiger partial charge on any atom is -0.497 e. The Morgan fingerprint density at radius 1 is 1.17 bits per heavy atom. The summed E-state index contributed by atoms with van der Waals surface area (Å²) in [6, 6.07) is 11.6. The van der Waals surface area contributed by atoms with Gasteiger partial charge in [-0.15, -0.1) is 0 Å². The molecule has 0 saturated carbocycles. The largest absolute Gasteiger partial charge is 0.497 e. The molecule has 2 aromatic carbocycles. The molecule has 0 heterocycles. The van der Waals surface area contributed by atoms with Gasteiger partial charge in [0.1, 0.15) is 12.4 Å². The number of nitrogens with one attached hydrogen (secondary N) is 1. The zero-order valence-electron chi connectivity index (χ0n) is 14.0. The summed E-state index contributed by atoms with van der Waals surface area (Å²) in [6.07, 6.45) is 1.67. The Kier molecular flexibility index (Phi) is 6.82. The summed E-state index contributed by atoms with van der Waals surface area (Å²) in [5, 5.41) is 3.87. The summed E-state index contributed by atoms with van der Waals surface area (Å²) in [4.78, 5) is 0. The summed E-state index contributed by atoms with van der Waals surface area (Å²) in [5.41, 5.74) is 2.00. The lowest BCUT2D eigenvalue weighted by Crippen LogP contribution is -2.03. The van der Waals surface area contributed by atoms with Gasteiger partial charge in [-0.1, -0.05) is 24.3 Å². The van der Waals surface area contributed by atoms with Crippen molar-refractivity contribution in [3.8, 4) is 17.2 Å². The van der Waals surface area contributed by atoms with Gasteiger partial charge in [0.05, 0.1) is 18.7 Å². The Morgan fingerprint density at radius 3 is 2.54 bits per heavy atom. The lowest BCUT2D eigenvalue weighted by Gasteiger charge is -2.15. The molecule has 0 aromatic heterocycles. The van der Waals surface area contributed by atoms with Gasteiger partial charge in [-0.3, -0.25) is 0 Å². The third-order valence-corrected chi connectivity index (χ3v) is 3.58. The second kappa shape index (κ2) is 9.08. The van der Waals surface area contributed by atoms with E-state index in [0.29, 0.717) is 36.3 Å². The average molecular weight is 348 g/mol. The molecule has 5 heteroatoms. The maximum atomic E-state index is 6.34. The molecule has 0 fully saturated rings. The summed E-state index contributed by atoms with van der Waals surface area (Å²) >= 11 is 6.34. The smallest absolute Gasteiger partial charge is 0.180 e. The number of benzene rings is 2. The van der Waals surface area contributed by atoms with Gasteiger partial charge in [0, 0.05) is 12.2 Å². The van der Waals surface area contributed by atoms with Gasteiger partial charge in [0.25, 0.3) is 0 Å². The molecule has 24 heavy (non-hydrogen) atoms. The van der Waals surface area contributed by atoms with Crippen LogP contribution in [0.1, 0.15) is 12.5 Å². The first-order valence-electron chi connectivity index (χ1n) is 7.74. The van der Waals surface area contributed by atoms with E-state index in [0.717, 1.165) is 17.0 Å². The topological polar surface area (TPSA) is 39.7 Å². The first-order valence-corrected chi connectivity index (χ1v) is 8.12. The van der Waals surface area contributed by atoms with Crippen LogP contribution in [0.4, 0.5) is 5.69 Å². The molecular weight excluding hydrogens is 326 g/mol. The highest BCUT2D eigenvalue weighted by atomic mass is 35.5. The highest BCUT2D eigenvalue weighted by Gasteiger charge is 2.12. The van der Waals surface area contributed by atoms with Gasteiger partial charge >= 0.3 is 0 Å². The molecule has 0 spiro atoms. The highest BCUT2D eigenvalue weighted by molar-refractivity contribution is 6.32. The first-order chi connectivity index (χ1) is 11.7. The third-order valence-electron chi connectivity index (χ3n) is 3.30. The van der Waals surface area contributed by atoms with Crippen molar-refractivity contribution < 1.29 is 14.2 Å². The number of anilines is 1. The van der Waals surface area contributed by atoms with E-state index in [1.54, 1.807) is 13.2 Å². The van der Waals surface area contributed by atoms with Crippen LogP contribution < -0.4 is 19.5 Å². The number of methoxy groups -OCH3 is 1. The summed E-state index contributed by atoms with van der Waals surface area (Å²) in [6.45, 7) is 7.11. The molecule has 128 valence electrons. The van der Waals surface area contributed by atoms with Crippen molar-refractivity contribution in [3.05, 3.63) is 59.6 Å².